The van der Waals surface area contributed by atoms with E-state index in [1.807, 2.05) is 13.8 Å². The number of halogens is 3. The number of alkyl halides is 3. The summed E-state index contributed by atoms with van der Waals surface area (Å²) in [6.07, 6.45) is -3.49. The fourth-order valence-electron chi connectivity index (χ4n) is 2.27. The molecule has 0 bridgehead atoms. The van der Waals surface area contributed by atoms with Gasteiger partial charge in [-0.15, -0.1) is 0 Å². The highest BCUT2D eigenvalue weighted by Gasteiger charge is 2.32. The summed E-state index contributed by atoms with van der Waals surface area (Å²) in [5.74, 6) is 1.22. The second-order valence-corrected chi connectivity index (χ2v) is 5.61. The lowest BCUT2D eigenvalue weighted by Gasteiger charge is -2.14. The molecular formula is C18H23F3N6O2. The van der Waals surface area contributed by atoms with Crippen LogP contribution in [-0.4, -0.2) is 42.2 Å². The normalized spacial score (nSPS) is 11.8. The van der Waals surface area contributed by atoms with Crippen molar-refractivity contribution in [1.29, 1.82) is 0 Å². The minimum absolute atomic E-state index is 0.117. The number of nitrogens with zero attached hydrogens (tertiary/aromatic N) is 3. The standard InChI is InChI=1S/C18H23F3N6O2/c1-3-28-12-5-6-14(29-4-2)13(11-12)26-16(22)23-9-10-25-17-24-8-7-15(27-17)18(19,20)21/h5-8,11H,3-4,9-10H2,1-2H3,(H3,22,23,26)(H,24,25,27). The highest BCUT2D eigenvalue weighted by atomic mass is 19.4. The zero-order valence-electron chi connectivity index (χ0n) is 16.1. The van der Waals surface area contributed by atoms with Crippen LogP contribution in [0.1, 0.15) is 19.5 Å². The number of ether oxygens (including phenoxy) is 2. The third-order valence-electron chi connectivity index (χ3n) is 3.45. The van der Waals surface area contributed by atoms with E-state index >= 15 is 0 Å². The minimum atomic E-state index is -4.53. The summed E-state index contributed by atoms with van der Waals surface area (Å²) in [6, 6.07) is 6.09. The van der Waals surface area contributed by atoms with Crippen molar-refractivity contribution in [2.24, 2.45) is 10.7 Å². The van der Waals surface area contributed by atoms with E-state index in [9.17, 15) is 13.2 Å². The second-order valence-electron chi connectivity index (χ2n) is 5.61. The Morgan fingerprint density at radius 3 is 2.62 bits per heavy atom. The lowest BCUT2D eigenvalue weighted by atomic mass is 10.2. The Labute approximate surface area is 166 Å². The van der Waals surface area contributed by atoms with Crippen molar-refractivity contribution in [1.82, 2.24) is 9.97 Å². The van der Waals surface area contributed by atoms with E-state index in [0.717, 1.165) is 12.3 Å². The third kappa shape index (κ3) is 7.01. The molecule has 1 aromatic heterocycles. The van der Waals surface area contributed by atoms with Crippen molar-refractivity contribution in [3.05, 3.63) is 36.2 Å². The molecule has 1 heterocycles. The number of aliphatic imine (C=N–C) groups is 1. The molecular weight excluding hydrogens is 389 g/mol. The molecule has 0 fully saturated rings. The van der Waals surface area contributed by atoms with Gasteiger partial charge in [-0.05, 0) is 32.0 Å². The van der Waals surface area contributed by atoms with Crippen molar-refractivity contribution in [2.45, 2.75) is 20.0 Å². The zero-order valence-corrected chi connectivity index (χ0v) is 16.1. The van der Waals surface area contributed by atoms with Gasteiger partial charge in [0.1, 0.15) is 17.2 Å². The van der Waals surface area contributed by atoms with E-state index in [4.69, 9.17) is 15.2 Å². The maximum absolute atomic E-state index is 12.6. The summed E-state index contributed by atoms with van der Waals surface area (Å²) >= 11 is 0. The van der Waals surface area contributed by atoms with Crippen LogP contribution in [0.3, 0.4) is 0 Å². The fraction of sp³-hybridized carbons (Fsp3) is 0.389. The van der Waals surface area contributed by atoms with Crippen molar-refractivity contribution < 1.29 is 22.6 Å². The van der Waals surface area contributed by atoms with Gasteiger partial charge < -0.3 is 25.8 Å². The monoisotopic (exact) mass is 412 g/mol. The van der Waals surface area contributed by atoms with Crippen LogP contribution >= 0.6 is 0 Å². The first-order chi connectivity index (χ1) is 13.8. The molecule has 0 unspecified atom stereocenters. The Hall–Kier alpha value is -3.24. The molecule has 2 rings (SSSR count). The molecule has 0 saturated heterocycles. The van der Waals surface area contributed by atoms with Crippen LogP contribution in [0.2, 0.25) is 0 Å². The Morgan fingerprint density at radius 1 is 1.17 bits per heavy atom. The molecule has 158 valence electrons. The highest BCUT2D eigenvalue weighted by molar-refractivity contribution is 5.94. The maximum Gasteiger partial charge on any atom is 0.433 e. The molecule has 29 heavy (non-hydrogen) atoms. The molecule has 0 amide bonds. The van der Waals surface area contributed by atoms with E-state index in [0.29, 0.717) is 30.4 Å². The van der Waals surface area contributed by atoms with Crippen LogP contribution in [0.5, 0.6) is 11.5 Å². The molecule has 8 nitrogen and oxygen atoms in total. The molecule has 0 atom stereocenters. The minimum Gasteiger partial charge on any atom is -0.494 e. The average molecular weight is 412 g/mol. The topological polar surface area (TPSA) is 107 Å². The van der Waals surface area contributed by atoms with Crippen LogP contribution in [-0.2, 0) is 6.18 Å². The Kier molecular flexibility index (Phi) is 7.87. The van der Waals surface area contributed by atoms with Crippen molar-refractivity contribution >= 4 is 17.6 Å². The summed E-state index contributed by atoms with van der Waals surface area (Å²) in [4.78, 5) is 11.3. The lowest BCUT2D eigenvalue weighted by molar-refractivity contribution is -0.141. The smallest absolute Gasteiger partial charge is 0.433 e. The predicted octanol–water partition coefficient (Wildman–Crippen LogP) is 3.13. The number of aromatic nitrogens is 2. The van der Waals surface area contributed by atoms with Gasteiger partial charge in [0.25, 0.3) is 0 Å². The van der Waals surface area contributed by atoms with Crippen LogP contribution in [0.25, 0.3) is 0 Å². The van der Waals surface area contributed by atoms with Gasteiger partial charge in [0, 0.05) is 18.8 Å². The number of benzene rings is 1. The quantitative estimate of drug-likeness (QED) is 0.330. The number of rotatable bonds is 9. The van der Waals surface area contributed by atoms with Gasteiger partial charge in [-0.3, -0.25) is 4.99 Å². The number of anilines is 2. The van der Waals surface area contributed by atoms with E-state index in [2.05, 4.69) is 25.6 Å². The molecule has 0 saturated carbocycles. The molecule has 0 spiro atoms. The first-order valence-electron chi connectivity index (χ1n) is 8.94. The summed E-state index contributed by atoms with van der Waals surface area (Å²) in [6.45, 7) is 5.11. The predicted molar refractivity (Wildman–Crippen MR) is 104 cm³/mol. The number of nitrogens with one attached hydrogen (secondary N) is 2. The molecule has 0 radical (unpaired) electrons. The number of nitrogens with two attached hydrogens (primary N) is 1. The average Bonchev–Trinajstić information content (AvgIpc) is 2.67. The SMILES string of the molecule is CCOc1ccc(OCC)c(NC(N)=NCCNc2nccc(C(F)(F)F)n2)c1. The van der Waals surface area contributed by atoms with Gasteiger partial charge in [-0.1, -0.05) is 0 Å². The summed E-state index contributed by atoms with van der Waals surface area (Å²) in [5, 5.41) is 5.61. The van der Waals surface area contributed by atoms with Crippen molar-refractivity contribution in [3.63, 3.8) is 0 Å². The first kappa shape index (κ1) is 22.1. The molecule has 0 aliphatic rings. The second kappa shape index (κ2) is 10.3. The lowest BCUT2D eigenvalue weighted by Crippen LogP contribution is -2.24. The van der Waals surface area contributed by atoms with Gasteiger partial charge in [-0.25, -0.2) is 9.97 Å². The van der Waals surface area contributed by atoms with Crippen LogP contribution < -0.4 is 25.8 Å². The van der Waals surface area contributed by atoms with Gasteiger partial charge >= 0.3 is 6.18 Å². The van der Waals surface area contributed by atoms with E-state index in [1.165, 1.54) is 0 Å². The Balaban J connectivity index is 1.94. The van der Waals surface area contributed by atoms with Gasteiger partial charge in [0.15, 0.2) is 5.96 Å². The Bertz CT molecular complexity index is 829. The summed E-state index contributed by atoms with van der Waals surface area (Å²) in [7, 11) is 0. The number of hydrogen-bond donors (Lipinski definition) is 3. The van der Waals surface area contributed by atoms with Gasteiger partial charge in [-0.2, -0.15) is 13.2 Å². The summed E-state index contributed by atoms with van der Waals surface area (Å²) < 4.78 is 49.0. The molecule has 11 heteroatoms. The fourth-order valence-corrected chi connectivity index (χ4v) is 2.27. The maximum atomic E-state index is 12.6. The van der Waals surface area contributed by atoms with E-state index < -0.39 is 11.9 Å². The largest absolute Gasteiger partial charge is 0.494 e. The van der Waals surface area contributed by atoms with Gasteiger partial charge in [0.05, 0.1) is 25.4 Å². The van der Waals surface area contributed by atoms with Crippen LogP contribution in [0.4, 0.5) is 24.8 Å². The molecule has 2 aromatic rings. The van der Waals surface area contributed by atoms with Gasteiger partial charge in [0.2, 0.25) is 5.95 Å². The van der Waals surface area contributed by atoms with Crippen molar-refractivity contribution in [3.8, 4) is 11.5 Å². The van der Waals surface area contributed by atoms with Crippen LogP contribution in [0, 0.1) is 0 Å². The number of guanidine groups is 1. The molecule has 4 N–H and O–H groups in total. The first-order valence-corrected chi connectivity index (χ1v) is 8.94. The number of hydrogen-bond acceptors (Lipinski definition) is 6. The van der Waals surface area contributed by atoms with Crippen LogP contribution in [0.15, 0.2) is 35.5 Å². The molecule has 0 aliphatic heterocycles. The van der Waals surface area contributed by atoms with E-state index in [-0.39, 0.29) is 25.0 Å². The van der Waals surface area contributed by atoms with E-state index in [1.54, 1.807) is 18.2 Å². The Morgan fingerprint density at radius 2 is 1.93 bits per heavy atom. The zero-order chi connectivity index (χ0) is 21.3. The molecule has 0 aliphatic carbocycles. The molecule has 1 aromatic carbocycles. The highest BCUT2D eigenvalue weighted by Crippen LogP contribution is 2.29. The van der Waals surface area contributed by atoms with Crippen molar-refractivity contribution in [2.75, 3.05) is 36.9 Å². The summed E-state index contributed by atoms with van der Waals surface area (Å²) in [5.41, 5.74) is 5.46. The third-order valence-corrected chi connectivity index (χ3v) is 3.45.